The largest absolute Gasteiger partial charge is 0.411 e. The fraction of sp³-hybridized carbons (Fsp3) is 0.625. The van der Waals surface area contributed by atoms with Gasteiger partial charge in [-0.25, -0.2) is 4.98 Å². The molecular formula is C8H11F3N4O2. The third-order valence-corrected chi connectivity index (χ3v) is 1.66. The summed E-state index contributed by atoms with van der Waals surface area (Å²) in [6, 6.07) is 0. The molecule has 0 radical (unpaired) electrons. The standard InChI is InChI=1S/C8H11F3N4O2/c9-8(10,11)4-17-2-1-7(16)12-3-6-13-5-14-15-6/h5H,1-4H2,(H,12,16)(H,13,14,15). The molecule has 0 spiro atoms. The van der Waals surface area contributed by atoms with Gasteiger partial charge in [0, 0.05) is 6.42 Å². The van der Waals surface area contributed by atoms with Crippen molar-refractivity contribution in [1.82, 2.24) is 20.5 Å². The maximum Gasteiger partial charge on any atom is 0.411 e. The van der Waals surface area contributed by atoms with Crippen LogP contribution in [0.15, 0.2) is 6.33 Å². The summed E-state index contributed by atoms with van der Waals surface area (Å²) in [5, 5.41) is 8.54. The summed E-state index contributed by atoms with van der Waals surface area (Å²) in [6.45, 7) is -1.47. The number of rotatable bonds is 6. The first-order valence-corrected chi connectivity index (χ1v) is 4.73. The summed E-state index contributed by atoms with van der Waals surface area (Å²) in [5.74, 6) is 0.0538. The quantitative estimate of drug-likeness (QED) is 0.718. The SMILES string of the molecule is O=C(CCOCC(F)(F)F)NCc1ncn[nH]1. The van der Waals surface area contributed by atoms with Crippen LogP contribution in [0.2, 0.25) is 0 Å². The molecule has 0 fully saturated rings. The summed E-state index contributed by atoms with van der Waals surface area (Å²) >= 11 is 0. The van der Waals surface area contributed by atoms with Crippen molar-refractivity contribution in [2.75, 3.05) is 13.2 Å². The highest BCUT2D eigenvalue weighted by Gasteiger charge is 2.27. The van der Waals surface area contributed by atoms with Gasteiger partial charge < -0.3 is 10.1 Å². The van der Waals surface area contributed by atoms with Crippen LogP contribution in [0.25, 0.3) is 0 Å². The van der Waals surface area contributed by atoms with Gasteiger partial charge in [-0.1, -0.05) is 0 Å². The number of aromatic nitrogens is 3. The zero-order valence-corrected chi connectivity index (χ0v) is 8.75. The van der Waals surface area contributed by atoms with Gasteiger partial charge in [-0.05, 0) is 0 Å². The molecule has 0 aromatic carbocycles. The smallest absolute Gasteiger partial charge is 0.372 e. The minimum absolute atomic E-state index is 0.135. The van der Waals surface area contributed by atoms with Gasteiger partial charge in [0.15, 0.2) is 0 Å². The van der Waals surface area contributed by atoms with Crippen LogP contribution >= 0.6 is 0 Å². The van der Waals surface area contributed by atoms with Crippen molar-refractivity contribution < 1.29 is 22.7 Å². The zero-order chi connectivity index (χ0) is 12.7. The Morgan fingerprint density at radius 3 is 2.88 bits per heavy atom. The number of aromatic amines is 1. The van der Waals surface area contributed by atoms with E-state index in [9.17, 15) is 18.0 Å². The van der Waals surface area contributed by atoms with E-state index in [4.69, 9.17) is 0 Å². The number of alkyl halides is 3. The summed E-state index contributed by atoms with van der Waals surface area (Å²) in [4.78, 5) is 14.9. The second kappa shape index (κ2) is 6.18. The molecule has 0 aliphatic carbocycles. The summed E-state index contributed by atoms with van der Waals surface area (Å²) in [5.41, 5.74) is 0. The summed E-state index contributed by atoms with van der Waals surface area (Å²) < 4.78 is 39.3. The second-order valence-corrected chi connectivity index (χ2v) is 3.13. The van der Waals surface area contributed by atoms with Crippen LogP contribution in [0.5, 0.6) is 0 Å². The van der Waals surface area contributed by atoms with Crippen molar-refractivity contribution in [1.29, 1.82) is 0 Å². The molecule has 0 saturated heterocycles. The highest BCUT2D eigenvalue weighted by atomic mass is 19.4. The number of H-pyrrole nitrogens is 1. The van der Waals surface area contributed by atoms with Crippen molar-refractivity contribution >= 4 is 5.91 Å². The van der Waals surface area contributed by atoms with E-state index >= 15 is 0 Å². The molecule has 0 atom stereocenters. The summed E-state index contributed by atoms with van der Waals surface area (Å²) in [7, 11) is 0. The van der Waals surface area contributed by atoms with Crippen LogP contribution in [-0.4, -0.2) is 40.5 Å². The molecule has 0 unspecified atom stereocenters. The number of carbonyl (C=O) groups is 1. The highest BCUT2D eigenvalue weighted by Crippen LogP contribution is 2.14. The topological polar surface area (TPSA) is 79.9 Å². The van der Waals surface area contributed by atoms with Gasteiger partial charge in [0.2, 0.25) is 5.91 Å². The van der Waals surface area contributed by atoms with Gasteiger partial charge in [0.1, 0.15) is 18.8 Å². The number of carbonyl (C=O) groups excluding carboxylic acids is 1. The number of amides is 1. The van der Waals surface area contributed by atoms with Crippen LogP contribution in [0.1, 0.15) is 12.2 Å². The molecule has 1 aromatic heterocycles. The zero-order valence-electron chi connectivity index (χ0n) is 8.75. The number of halogens is 3. The predicted molar refractivity (Wildman–Crippen MR) is 49.7 cm³/mol. The Morgan fingerprint density at radius 1 is 1.53 bits per heavy atom. The van der Waals surface area contributed by atoms with Crippen molar-refractivity contribution in [3.05, 3.63) is 12.2 Å². The fourth-order valence-electron chi connectivity index (χ4n) is 0.939. The van der Waals surface area contributed by atoms with Gasteiger partial charge in [-0.15, -0.1) is 0 Å². The third-order valence-electron chi connectivity index (χ3n) is 1.66. The van der Waals surface area contributed by atoms with Gasteiger partial charge in [0.05, 0.1) is 13.2 Å². The van der Waals surface area contributed by atoms with Gasteiger partial charge in [-0.2, -0.15) is 18.3 Å². The Bertz CT molecular complexity index is 339. The van der Waals surface area contributed by atoms with E-state index in [2.05, 4.69) is 25.2 Å². The molecular weight excluding hydrogens is 241 g/mol. The lowest BCUT2D eigenvalue weighted by Crippen LogP contribution is -2.25. The minimum Gasteiger partial charge on any atom is -0.372 e. The molecule has 2 N–H and O–H groups in total. The monoisotopic (exact) mass is 252 g/mol. The number of nitrogens with zero attached hydrogens (tertiary/aromatic N) is 2. The normalized spacial score (nSPS) is 11.5. The second-order valence-electron chi connectivity index (χ2n) is 3.13. The van der Waals surface area contributed by atoms with E-state index in [1.807, 2.05) is 0 Å². The number of hydrogen-bond acceptors (Lipinski definition) is 4. The maximum absolute atomic E-state index is 11.7. The van der Waals surface area contributed by atoms with Gasteiger partial charge >= 0.3 is 6.18 Å². The Kier molecular flexibility index (Phi) is 4.88. The third kappa shape index (κ3) is 6.51. The first-order chi connectivity index (χ1) is 7.97. The van der Waals surface area contributed by atoms with Gasteiger partial charge in [-0.3, -0.25) is 9.89 Å². The van der Waals surface area contributed by atoms with Crippen LogP contribution < -0.4 is 5.32 Å². The molecule has 0 bridgehead atoms. The minimum atomic E-state index is -4.36. The maximum atomic E-state index is 11.7. The number of nitrogens with one attached hydrogen (secondary N) is 2. The van der Waals surface area contributed by atoms with Crippen LogP contribution in [0.4, 0.5) is 13.2 Å². The van der Waals surface area contributed by atoms with Crippen LogP contribution in [0, 0.1) is 0 Å². The number of ether oxygens (including phenoxy) is 1. The Labute approximate surface area is 94.6 Å². The van der Waals surface area contributed by atoms with Crippen molar-refractivity contribution in [3.63, 3.8) is 0 Å². The molecule has 1 rings (SSSR count). The predicted octanol–water partition coefficient (Wildman–Crippen LogP) is 0.390. The molecule has 17 heavy (non-hydrogen) atoms. The first kappa shape index (κ1) is 13.4. The average molecular weight is 252 g/mol. The molecule has 1 aromatic rings. The Hall–Kier alpha value is -1.64. The molecule has 0 saturated carbocycles. The van der Waals surface area contributed by atoms with Crippen molar-refractivity contribution in [3.8, 4) is 0 Å². The van der Waals surface area contributed by atoms with E-state index in [-0.39, 0.29) is 19.6 Å². The van der Waals surface area contributed by atoms with E-state index in [0.29, 0.717) is 5.82 Å². The molecule has 1 heterocycles. The fourth-order valence-corrected chi connectivity index (χ4v) is 0.939. The molecule has 6 nitrogen and oxygen atoms in total. The highest BCUT2D eigenvalue weighted by molar-refractivity contribution is 5.75. The Balaban J connectivity index is 2.06. The van der Waals surface area contributed by atoms with E-state index in [1.54, 1.807) is 0 Å². The number of hydrogen-bond donors (Lipinski definition) is 2. The van der Waals surface area contributed by atoms with Crippen molar-refractivity contribution in [2.24, 2.45) is 0 Å². The summed E-state index contributed by atoms with van der Waals surface area (Å²) in [6.07, 6.45) is -3.21. The van der Waals surface area contributed by atoms with Crippen LogP contribution in [-0.2, 0) is 16.1 Å². The van der Waals surface area contributed by atoms with Crippen LogP contribution in [0.3, 0.4) is 0 Å². The van der Waals surface area contributed by atoms with Crippen molar-refractivity contribution in [2.45, 2.75) is 19.1 Å². The molecule has 96 valence electrons. The molecule has 9 heteroatoms. The Morgan fingerprint density at radius 2 is 2.29 bits per heavy atom. The average Bonchev–Trinajstić information content (AvgIpc) is 2.73. The van der Waals surface area contributed by atoms with E-state index in [1.165, 1.54) is 6.33 Å². The molecule has 0 aliphatic rings. The molecule has 1 amide bonds. The first-order valence-electron chi connectivity index (χ1n) is 4.73. The lowest BCUT2D eigenvalue weighted by Gasteiger charge is -2.07. The molecule has 0 aliphatic heterocycles. The van der Waals surface area contributed by atoms with E-state index < -0.39 is 18.7 Å². The van der Waals surface area contributed by atoms with Gasteiger partial charge in [0.25, 0.3) is 0 Å². The van der Waals surface area contributed by atoms with E-state index in [0.717, 1.165) is 0 Å². The lowest BCUT2D eigenvalue weighted by atomic mass is 10.4. The lowest BCUT2D eigenvalue weighted by molar-refractivity contribution is -0.174.